The van der Waals surface area contributed by atoms with Crippen molar-refractivity contribution in [2.75, 3.05) is 0 Å². The zero-order valence-electron chi connectivity index (χ0n) is 9.15. The maximum atomic E-state index is 10.2. The van der Waals surface area contributed by atoms with Gasteiger partial charge in [0, 0.05) is 18.2 Å². The molecule has 1 unspecified atom stereocenters. The molecule has 3 aromatic heterocycles. The lowest BCUT2D eigenvalue weighted by Crippen LogP contribution is -2.00. The number of furan rings is 1. The molecular weight excluding hydrogens is 216 g/mol. The number of hydrogen-bond acceptors (Lipinski definition) is 3. The number of aliphatic hydroxyl groups excluding tert-OH is 1. The van der Waals surface area contributed by atoms with E-state index in [1.54, 1.807) is 17.0 Å². The topological polar surface area (TPSA) is 50.7 Å². The lowest BCUT2D eigenvalue weighted by Gasteiger charge is -2.06. The van der Waals surface area contributed by atoms with Crippen LogP contribution in [0.2, 0.25) is 0 Å². The summed E-state index contributed by atoms with van der Waals surface area (Å²) in [7, 11) is 0. The summed E-state index contributed by atoms with van der Waals surface area (Å²) in [4.78, 5) is 0. The summed E-state index contributed by atoms with van der Waals surface area (Å²) < 4.78 is 6.98. The van der Waals surface area contributed by atoms with Gasteiger partial charge in [-0.15, -0.1) is 0 Å². The van der Waals surface area contributed by atoms with Gasteiger partial charge in [0.05, 0.1) is 24.1 Å². The fraction of sp³-hybridized carbons (Fsp3) is 0.154. The highest BCUT2D eigenvalue weighted by molar-refractivity contribution is 5.54. The average molecular weight is 228 g/mol. The molecule has 0 spiro atoms. The Morgan fingerprint density at radius 1 is 1.29 bits per heavy atom. The molecule has 86 valence electrons. The Morgan fingerprint density at radius 2 is 2.24 bits per heavy atom. The minimum atomic E-state index is -0.596. The van der Waals surface area contributed by atoms with Crippen molar-refractivity contribution < 1.29 is 9.52 Å². The summed E-state index contributed by atoms with van der Waals surface area (Å²) in [6.07, 6.45) is 5.03. The Hall–Kier alpha value is -2.07. The monoisotopic (exact) mass is 228 g/mol. The van der Waals surface area contributed by atoms with Crippen molar-refractivity contribution in [3.8, 4) is 0 Å². The standard InChI is InChI=1S/C13H12N2O2/c16-13(8-10-4-3-7-17-10)11-9-14-15-6-2-1-5-12(11)15/h1-7,9,13,16H,8H2. The quantitative estimate of drug-likeness (QED) is 0.747. The van der Waals surface area contributed by atoms with Crippen LogP contribution in [0, 0.1) is 0 Å². The molecule has 0 fully saturated rings. The van der Waals surface area contributed by atoms with Crippen LogP contribution >= 0.6 is 0 Å². The van der Waals surface area contributed by atoms with Crippen LogP contribution in [0.15, 0.2) is 53.4 Å². The molecule has 1 atom stereocenters. The highest BCUT2D eigenvalue weighted by Gasteiger charge is 2.14. The van der Waals surface area contributed by atoms with Crippen molar-refractivity contribution in [2.45, 2.75) is 12.5 Å². The average Bonchev–Trinajstić information content (AvgIpc) is 2.96. The minimum absolute atomic E-state index is 0.462. The van der Waals surface area contributed by atoms with E-state index in [0.717, 1.165) is 16.8 Å². The lowest BCUT2D eigenvalue weighted by atomic mass is 10.1. The number of nitrogens with zero attached hydrogens (tertiary/aromatic N) is 2. The summed E-state index contributed by atoms with van der Waals surface area (Å²) in [6.45, 7) is 0. The summed E-state index contributed by atoms with van der Waals surface area (Å²) in [5.41, 5.74) is 1.74. The highest BCUT2D eigenvalue weighted by Crippen LogP contribution is 2.22. The van der Waals surface area contributed by atoms with Gasteiger partial charge in [0.25, 0.3) is 0 Å². The van der Waals surface area contributed by atoms with E-state index in [1.807, 2.05) is 36.5 Å². The molecule has 0 amide bonds. The first-order valence-corrected chi connectivity index (χ1v) is 5.47. The lowest BCUT2D eigenvalue weighted by molar-refractivity contribution is 0.172. The molecule has 0 aliphatic rings. The predicted molar refractivity (Wildman–Crippen MR) is 62.6 cm³/mol. The Kier molecular flexibility index (Phi) is 2.42. The number of rotatable bonds is 3. The SMILES string of the molecule is OC(Cc1ccco1)c1cnn2ccccc12. The summed E-state index contributed by atoms with van der Waals surface area (Å²) in [5, 5.41) is 14.4. The van der Waals surface area contributed by atoms with Gasteiger partial charge in [-0.1, -0.05) is 6.07 Å². The van der Waals surface area contributed by atoms with E-state index >= 15 is 0 Å². The molecule has 0 saturated carbocycles. The molecule has 4 nitrogen and oxygen atoms in total. The van der Waals surface area contributed by atoms with Crippen LogP contribution in [0.25, 0.3) is 5.52 Å². The highest BCUT2D eigenvalue weighted by atomic mass is 16.3. The van der Waals surface area contributed by atoms with Gasteiger partial charge >= 0.3 is 0 Å². The maximum Gasteiger partial charge on any atom is 0.106 e. The Morgan fingerprint density at radius 3 is 3.06 bits per heavy atom. The minimum Gasteiger partial charge on any atom is -0.469 e. The number of pyridine rings is 1. The first-order chi connectivity index (χ1) is 8.34. The van der Waals surface area contributed by atoms with Gasteiger partial charge in [-0.25, -0.2) is 4.52 Å². The van der Waals surface area contributed by atoms with Gasteiger partial charge in [0.15, 0.2) is 0 Å². The van der Waals surface area contributed by atoms with E-state index < -0.39 is 6.10 Å². The van der Waals surface area contributed by atoms with Crippen molar-refractivity contribution in [1.82, 2.24) is 9.61 Å². The Bertz CT molecular complexity index is 613. The van der Waals surface area contributed by atoms with Crippen molar-refractivity contribution in [3.63, 3.8) is 0 Å². The van der Waals surface area contributed by atoms with Gasteiger partial charge in [-0.3, -0.25) is 0 Å². The first-order valence-electron chi connectivity index (χ1n) is 5.47. The fourth-order valence-electron chi connectivity index (χ4n) is 1.94. The fourth-order valence-corrected chi connectivity index (χ4v) is 1.94. The summed E-state index contributed by atoms with van der Waals surface area (Å²) in [5.74, 6) is 0.771. The number of aromatic nitrogens is 2. The Balaban J connectivity index is 1.93. The van der Waals surface area contributed by atoms with Crippen LogP contribution in [0.3, 0.4) is 0 Å². The van der Waals surface area contributed by atoms with Gasteiger partial charge in [-0.05, 0) is 24.3 Å². The molecular formula is C13H12N2O2. The normalized spacial score (nSPS) is 13.0. The second-order valence-electron chi connectivity index (χ2n) is 3.93. The molecule has 3 heterocycles. The summed E-state index contributed by atoms with van der Waals surface area (Å²) >= 11 is 0. The van der Waals surface area contributed by atoms with Crippen LogP contribution in [-0.2, 0) is 6.42 Å². The van der Waals surface area contributed by atoms with Crippen molar-refractivity contribution in [1.29, 1.82) is 0 Å². The van der Waals surface area contributed by atoms with E-state index in [2.05, 4.69) is 5.10 Å². The molecule has 0 aliphatic carbocycles. The van der Waals surface area contributed by atoms with Crippen molar-refractivity contribution in [2.24, 2.45) is 0 Å². The molecule has 0 aliphatic heterocycles. The van der Waals surface area contributed by atoms with E-state index in [9.17, 15) is 5.11 Å². The molecule has 4 heteroatoms. The second-order valence-corrected chi connectivity index (χ2v) is 3.93. The van der Waals surface area contributed by atoms with Gasteiger partial charge in [0.2, 0.25) is 0 Å². The van der Waals surface area contributed by atoms with E-state index in [-0.39, 0.29) is 0 Å². The third kappa shape index (κ3) is 1.83. The van der Waals surface area contributed by atoms with E-state index in [1.165, 1.54) is 0 Å². The molecule has 0 bridgehead atoms. The van der Waals surface area contributed by atoms with Crippen LogP contribution in [0.5, 0.6) is 0 Å². The van der Waals surface area contributed by atoms with E-state index in [4.69, 9.17) is 4.42 Å². The Labute approximate surface area is 98.1 Å². The number of fused-ring (bicyclic) bond motifs is 1. The molecule has 0 aromatic carbocycles. The number of hydrogen-bond donors (Lipinski definition) is 1. The molecule has 3 rings (SSSR count). The van der Waals surface area contributed by atoms with Crippen molar-refractivity contribution in [3.05, 3.63) is 60.3 Å². The largest absolute Gasteiger partial charge is 0.469 e. The maximum absolute atomic E-state index is 10.2. The van der Waals surface area contributed by atoms with Crippen LogP contribution in [-0.4, -0.2) is 14.7 Å². The smallest absolute Gasteiger partial charge is 0.106 e. The molecule has 1 N–H and O–H groups in total. The van der Waals surface area contributed by atoms with Crippen LogP contribution in [0.4, 0.5) is 0 Å². The predicted octanol–water partition coefficient (Wildman–Crippen LogP) is 2.20. The third-order valence-electron chi connectivity index (χ3n) is 2.79. The van der Waals surface area contributed by atoms with Crippen LogP contribution in [0.1, 0.15) is 17.4 Å². The first kappa shape index (κ1) is 10.1. The zero-order valence-corrected chi connectivity index (χ0v) is 9.15. The summed E-state index contributed by atoms with van der Waals surface area (Å²) in [6, 6.07) is 9.45. The third-order valence-corrected chi connectivity index (χ3v) is 2.79. The molecule has 17 heavy (non-hydrogen) atoms. The van der Waals surface area contributed by atoms with Crippen molar-refractivity contribution >= 4 is 5.52 Å². The molecule has 0 radical (unpaired) electrons. The zero-order chi connectivity index (χ0) is 11.7. The van der Waals surface area contributed by atoms with Crippen LogP contribution < -0.4 is 0 Å². The van der Waals surface area contributed by atoms with Gasteiger partial charge < -0.3 is 9.52 Å². The van der Waals surface area contributed by atoms with E-state index in [0.29, 0.717) is 6.42 Å². The number of aliphatic hydroxyl groups is 1. The second kappa shape index (κ2) is 4.07. The van der Waals surface area contributed by atoms with Gasteiger partial charge in [-0.2, -0.15) is 5.10 Å². The molecule has 0 saturated heterocycles. The molecule has 3 aromatic rings. The van der Waals surface area contributed by atoms with Gasteiger partial charge in [0.1, 0.15) is 5.76 Å².